The number of benzene rings is 1. The molecule has 102 valence electrons. The van der Waals surface area contributed by atoms with E-state index >= 15 is 0 Å². The smallest absolute Gasteiger partial charge is 0.0952 e. The number of hydrogen-bond donors (Lipinski definition) is 1. The standard InChI is InChI=1S/C15H19BrN2O/c1-11(17)7-13-3-4-14(16)8-15(13)18(2)9-12-5-6-19-10-12/h3-6,8,10-11H,7,9,17H2,1-2H3. The van der Waals surface area contributed by atoms with Crippen molar-refractivity contribution in [3.05, 3.63) is 52.4 Å². The van der Waals surface area contributed by atoms with Crippen molar-refractivity contribution in [2.75, 3.05) is 11.9 Å². The lowest BCUT2D eigenvalue weighted by Crippen LogP contribution is -2.22. The minimum absolute atomic E-state index is 0.155. The highest BCUT2D eigenvalue weighted by Gasteiger charge is 2.11. The summed E-state index contributed by atoms with van der Waals surface area (Å²) in [6, 6.07) is 8.47. The third-order valence-corrected chi connectivity index (χ3v) is 3.49. The molecule has 1 unspecified atom stereocenters. The molecule has 0 amide bonds. The Hall–Kier alpha value is -1.26. The maximum atomic E-state index is 5.92. The predicted octanol–water partition coefficient (Wildman–Crippen LogP) is 3.57. The normalized spacial score (nSPS) is 12.4. The third-order valence-electron chi connectivity index (χ3n) is 3.00. The molecule has 0 saturated heterocycles. The number of rotatable bonds is 5. The predicted molar refractivity (Wildman–Crippen MR) is 82.3 cm³/mol. The number of nitrogens with two attached hydrogens (primary N) is 1. The first-order valence-corrected chi connectivity index (χ1v) is 7.12. The Bertz CT molecular complexity index is 523. The summed E-state index contributed by atoms with van der Waals surface area (Å²) >= 11 is 3.53. The summed E-state index contributed by atoms with van der Waals surface area (Å²) in [5.74, 6) is 0. The van der Waals surface area contributed by atoms with Crippen LogP contribution in [-0.4, -0.2) is 13.1 Å². The molecule has 1 heterocycles. The number of nitrogens with zero attached hydrogens (tertiary/aromatic N) is 1. The molecule has 1 aromatic heterocycles. The molecule has 4 heteroatoms. The topological polar surface area (TPSA) is 42.4 Å². The zero-order valence-electron chi connectivity index (χ0n) is 11.3. The summed E-state index contributed by atoms with van der Waals surface area (Å²) in [5, 5.41) is 0. The first kappa shape index (κ1) is 14.2. The van der Waals surface area contributed by atoms with Crippen LogP contribution in [0, 0.1) is 0 Å². The second kappa shape index (κ2) is 6.26. The molecule has 0 aliphatic carbocycles. The molecule has 1 aromatic carbocycles. The van der Waals surface area contributed by atoms with Crippen LogP contribution in [0.4, 0.5) is 5.69 Å². The van der Waals surface area contributed by atoms with E-state index in [4.69, 9.17) is 10.2 Å². The lowest BCUT2D eigenvalue weighted by atomic mass is 10.0. The summed E-state index contributed by atoms with van der Waals surface area (Å²) < 4.78 is 6.19. The Balaban J connectivity index is 2.23. The minimum atomic E-state index is 0.155. The molecule has 2 N–H and O–H groups in total. The lowest BCUT2D eigenvalue weighted by molar-refractivity contribution is 0.563. The fourth-order valence-electron chi connectivity index (χ4n) is 2.15. The van der Waals surface area contributed by atoms with Crippen LogP contribution in [0.15, 0.2) is 45.7 Å². The Labute approximate surface area is 122 Å². The molecular formula is C15H19BrN2O. The summed E-state index contributed by atoms with van der Waals surface area (Å²) in [6.07, 6.45) is 4.35. The minimum Gasteiger partial charge on any atom is -0.472 e. The number of halogens is 1. The summed E-state index contributed by atoms with van der Waals surface area (Å²) in [7, 11) is 2.08. The maximum absolute atomic E-state index is 5.92. The van der Waals surface area contributed by atoms with Crippen LogP contribution >= 0.6 is 15.9 Å². The van der Waals surface area contributed by atoms with Gasteiger partial charge in [-0.1, -0.05) is 22.0 Å². The second-order valence-corrected chi connectivity index (χ2v) is 5.86. The van der Waals surface area contributed by atoms with Gasteiger partial charge in [-0.3, -0.25) is 0 Å². The highest BCUT2D eigenvalue weighted by Crippen LogP contribution is 2.26. The molecule has 0 bridgehead atoms. The average Bonchev–Trinajstić information content (AvgIpc) is 2.83. The van der Waals surface area contributed by atoms with Gasteiger partial charge in [0.2, 0.25) is 0 Å². The van der Waals surface area contributed by atoms with Crippen molar-refractivity contribution in [2.24, 2.45) is 5.73 Å². The van der Waals surface area contributed by atoms with Crippen molar-refractivity contribution in [3.63, 3.8) is 0 Å². The van der Waals surface area contributed by atoms with Gasteiger partial charge in [-0.05, 0) is 37.1 Å². The van der Waals surface area contributed by atoms with Crippen molar-refractivity contribution >= 4 is 21.6 Å². The quantitative estimate of drug-likeness (QED) is 0.915. The van der Waals surface area contributed by atoms with E-state index in [1.54, 1.807) is 12.5 Å². The molecule has 19 heavy (non-hydrogen) atoms. The van der Waals surface area contributed by atoms with Gasteiger partial charge >= 0.3 is 0 Å². The van der Waals surface area contributed by atoms with Crippen LogP contribution in [0.1, 0.15) is 18.1 Å². The first-order chi connectivity index (χ1) is 9.06. The highest BCUT2D eigenvalue weighted by molar-refractivity contribution is 9.10. The molecule has 0 aliphatic heterocycles. The lowest BCUT2D eigenvalue weighted by Gasteiger charge is -2.23. The molecule has 0 aliphatic rings. The Kier molecular flexibility index (Phi) is 4.66. The van der Waals surface area contributed by atoms with Crippen LogP contribution in [0.25, 0.3) is 0 Å². The fraction of sp³-hybridized carbons (Fsp3) is 0.333. The van der Waals surface area contributed by atoms with E-state index in [1.165, 1.54) is 11.3 Å². The summed E-state index contributed by atoms with van der Waals surface area (Å²) in [6.45, 7) is 2.85. The Morgan fingerprint density at radius 2 is 2.16 bits per heavy atom. The van der Waals surface area contributed by atoms with E-state index in [1.807, 2.05) is 13.0 Å². The van der Waals surface area contributed by atoms with E-state index in [2.05, 4.69) is 46.1 Å². The van der Waals surface area contributed by atoms with Gasteiger partial charge in [-0.2, -0.15) is 0 Å². The van der Waals surface area contributed by atoms with Crippen LogP contribution in [-0.2, 0) is 13.0 Å². The Morgan fingerprint density at radius 3 is 2.79 bits per heavy atom. The maximum Gasteiger partial charge on any atom is 0.0952 e. The average molecular weight is 323 g/mol. The molecule has 1 atom stereocenters. The van der Waals surface area contributed by atoms with Crippen molar-refractivity contribution in [1.29, 1.82) is 0 Å². The van der Waals surface area contributed by atoms with Gasteiger partial charge in [0, 0.05) is 35.4 Å². The second-order valence-electron chi connectivity index (χ2n) is 4.94. The fourth-order valence-corrected chi connectivity index (χ4v) is 2.50. The monoisotopic (exact) mass is 322 g/mol. The molecule has 3 nitrogen and oxygen atoms in total. The van der Waals surface area contributed by atoms with Crippen LogP contribution in [0.2, 0.25) is 0 Å². The zero-order chi connectivity index (χ0) is 13.8. The highest BCUT2D eigenvalue weighted by atomic mass is 79.9. The largest absolute Gasteiger partial charge is 0.472 e. The van der Waals surface area contributed by atoms with Crippen molar-refractivity contribution < 1.29 is 4.42 Å². The zero-order valence-corrected chi connectivity index (χ0v) is 12.9. The van der Waals surface area contributed by atoms with Crippen molar-refractivity contribution in [2.45, 2.75) is 25.9 Å². The first-order valence-electron chi connectivity index (χ1n) is 6.32. The van der Waals surface area contributed by atoms with Gasteiger partial charge < -0.3 is 15.1 Å². The van der Waals surface area contributed by atoms with Crippen molar-refractivity contribution in [1.82, 2.24) is 0 Å². The molecular weight excluding hydrogens is 304 g/mol. The Morgan fingerprint density at radius 1 is 1.37 bits per heavy atom. The van der Waals surface area contributed by atoms with Gasteiger partial charge in [0.25, 0.3) is 0 Å². The molecule has 2 rings (SSSR count). The number of furan rings is 1. The van der Waals surface area contributed by atoms with E-state index in [0.29, 0.717) is 0 Å². The van der Waals surface area contributed by atoms with Gasteiger partial charge in [-0.15, -0.1) is 0 Å². The number of hydrogen-bond acceptors (Lipinski definition) is 3. The third kappa shape index (κ3) is 3.85. The molecule has 0 radical (unpaired) electrons. The van der Waals surface area contributed by atoms with Gasteiger partial charge in [0.15, 0.2) is 0 Å². The number of anilines is 1. The molecule has 0 saturated carbocycles. The van der Waals surface area contributed by atoms with Crippen LogP contribution in [0.3, 0.4) is 0 Å². The molecule has 2 aromatic rings. The summed E-state index contributed by atoms with van der Waals surface area (Å²) in [4.78, 5) is 2.22. The SMILES string of the molecule is CC(N)Cc1ccc(Br)cc1N(C)Cc1ccoc1. The van der Waals surface area contributed by atoms with Crippen LogP contribution in [0.5, 0.6) is 0 Å². The van der Waals surface area contributed by atoms with Gasteiger partial charge in [0.1, 0.15) is 0 Å². The van der Waals surface area contributed by atoms with E-state index in [0.717, 1.165) is 23.0 Å². The van der Waals surface area contributed by atoms with Gasteiger partial charge in [-0.25, -0.2) is 0 Å². The van der Waals surface area contributed by atoms with E-state index in [9.17, 15) is 0 Å². The molecule has 0 fully saturated rings. The summed E-state index contributed by atoms with van der Waals surface area (Å²) in [5.41, 5.74) is 9.55. The van der Waals surface area contributed by atoms with Gasteiger partial charge in [0.05, 0.1) is 12.5 Å². The molecule has 0 spiro atoms. The van der Waals surface area contributed by atoms with Crippen LogP contribution < -0.4 is 10.6 Å². The van der Waals surface area contributed by atoms with E-state index in [-0.39, 0.29) is 6.04 Å². The van der Waals surface area contributed by atoms with Crippen molar-refractivity contribution in [3.8, 4) is 0 Å². The van der Waals surface area contributed by atoms with E-state index < -0.39 is 0 Å².